The van der Waals surface area contributed by atoms with Gasteiger partial charge in [-0.15, -0.1) is 0 Å². The molecule has 1 aliphatic rings. The van der Waals surface area contributed by atoms with E-state index in [0.717, 1.165) is 30.9 Å². The van der Waals surface area contributed by atoms with Crippen LogP contribution in [0.2, 0.25) is 0 Å². The van der Waals surface area contributed by atoms with Crippen molar-refractivity contribution in [1.82, 2.24) is 9.80 Å². The van der Waals surface area contributed by atoms with Gasteiger partial charge < -0.3 is 14.4 Å². The highest BCUT2D eigenvalue weighted by atomic mass is 16.4. The largest absolute Gasteiger partial charge is 0.480 e. The Morgan fingerprint density at radius 1 is 1.45 bits per heavy atom. The summed E-state index contributed by atoms with van der Waals surface area (Å²) >= 11 is 0. The van der Waals surface area contributed by atoms with E-state index in [4.69, 9.17) is 4.42 Å². The van der Waals surface area contributed by atoms with Gasteiger partial charge in [0, 0.05) is 19.0 Å². The average Bonchev–Trinajstić information content (AvgIpc) is 2.86. The van der Waals surface area contributed by atoms with Gasteiger partial charge in [-0.05, 0) is 39.1 Å². The monoisotopic (exact) mass is 280 g/mol. The molecule has 1 saturated heterocycles. The number of carbonyl (C=O) groups is 1. The summed E-state index contributed by atoms with van der Waals surface area (Å²) in [5.41, 5.74) is 0. The molecule has 2 heterocycles. The van der Waals surface area contributed by atoms with Gasteiger partial charge in [0.2, 0.25) is 0 Å². The Morgan fingerprint density at radius 2 is 2.15 bits per heavy atom. The molecule has 0 aromatic carbocycles. The van der Waals surface area contributed by atoms with Crippen LogP contribution in [0.3, 0.4) is 0 Å². The molecule has 1 aliphatic heterocycles. The third-order valence-electron chi connectivity index (χ3n) is 4.13. The second kappa shape index (κ2) is 6.41. The van der Waals surface area contributed by atoms with Crippen molar-refractivity contribution in [3.63, 3.8) is 0 Å². The molecule has 1 aromatic rings. The predicted molar refractivity (Wildman–Crippen MR) is 76.6 cm³/mol. The Hall–Kier alpha value is -1.33. The minimum Gasteiger partial charge on any atom is -0.480 e. The highest BCUT2D eigenvalue weighted by molar-refractivity contribution is 5.73. The molecule has 0 spiro atoms. The quantitative estimate of drug-likeness (QED) is 0.891. The summed E-state index contributed by atoms with van der Waals surface area (Å²) in [6, 6.07) is 3.84. The number of piperidine rings is 1. The molecule has 0 amide bonds. The number of aliphatic carboxylic acids is 1. The second-order valence-corrected chi connectivity index (χ2v) is 5.69. The summed E-state index contributed by atoms with van der Waals surface area (Å²) in [7, 11) is 4.03. The number of aryl methyl sites for hydroxylation is 1. The molecule has 20 heavy (non-hydrogen) atoms. The van der Waals surface area contributed by atoms with Gasteiger partial charge in [-0.2, -0.15) is 0 Å². The molecule has 0 radical (unpaired) electrons. The molecule has 0 aliphatic carbocycles. The van der Waals surface area contributed by atoms with Gasteiger partial charge >= 0.3 is 5.97 Å². The standard InChI is InChI=1S/C15H24N2O3/c1-4-12-5-6-13(20-12)10-17-8-7-11(16(2)3)9-14(17)15(18)19/h5-6,11,14H,4,7-10H2,1-3H3,(H,18,19). The Balaban J connectivity index is 2.04. The summed E-state index contributed by atoms with van der Waals surface area (Å²) in [6.07, 6.45) is 2.53. The van der Waals surface area contributed by atoms with E-state index in [0.29, 0.717) is 19.0 Å². The van der Waals surface area contributed by atoms with Gasteiger partial charge in [0.15, 0.2) is 0 Å². The van der Waals surface area contributed by atoms with Gasteiger partial charge in [-0.1, -0.05) is 6.92 Å². The summed E-state index contributed by atoms with van der Waals surface area (Å²) < 4.78 is 5.69. The van der Waals surface area contributed by atoms with Crippen LogP contribution in [0.5, 0.6) is 0 Å². The van der Waals surface area contributed by atoms with Gasteiger partial charge in [0.05, 0.1) is 6.54 Å². The maximum absolute atomic E-state index is 11.5. The Morgan fingerprint density at radius 3 is 2.70 bits per heavy atom. The van der Waals surface area contributed by atoms with Gasteiger partial charge in [0.25, 0.3) is 0 Å². The first kappa shape index (κ1) is 15.1. The molecule has 2 rings (SSSR count). The molecule has 0 saturated carbocycles. The van der Waals surface area contributed by atoms with Crippen molar-refractivity contribution in [2.45, 2.75) is 44.8 Å². The molecule has 1 aromatic heterocycles. The van der Waals surface area contributed by atoms with E-state index in [1.165, 1.54) is 0 Å². The first-order chi connectivity index (χ1) is 9.51. The van der Waals surface area contributed by atoms with Crippen molar-refractivity contribution < 1.29 is 14.3 Å². The number of likely N-dealkylation sites (tertiary alicyclic amines) is 1. The zero-order valence-electron chi connectivity index (χ0n) is 12.5. The van der Waals surface area contributed by atoms with Crippen LogP contribution in [0, 0.1) is 0 Å². The average molecular weight is 280 g/mol. The van der Waals surface area contributed by atoms with E-state index in [9.17, 15) is 9.90 Å². The van der Waals surface area contributed by atoms with Crippen LogP contribution < -0.4 is 0 Å². The van der Waals surface area contributed by atoms with Crippen molar-refractivity contribution in [3.8, 4) is 0 Å². The summed E-state index contributed by atoms with van der Waals surface area (Å²) in [5.74, 6) is 1.07. The van der Waals surface area contributed by atoms with Crippen molar-refractivity contribution in [2.24, 2.45) is 0 Å². The zero-order valence-corrected chi connectivity index (χ0v) is 12.5. The number of furan rings is 1. The van der Waals surface area contributed by atoms with E-state index >= 15 is 0 Å². The Bertz CT molecular complexity index is 456. The maximum atomic E-state index is 11.5. The summed E-state index contributed by atoms with van der Waals surface area (Å²) in [4.78, 5) is 15.6. The fourth-order valence-corrected chi connectivity index (χ4v) is 2.81. The minimum absolute atomic E-state index is 0.343. The summed E-state index contributed by atoms with van der Waals surface area (Å²) in [5, 5.41) is 9.45. The Labute approximate surface area is 120 Å². The van der Waals surface area contributed by atoms with Crippen LogP contribution in [0.4, 0.5) is 0 Å². The molecule has 2 unspecified atom stereocenters. The lowest BCUT2D eigenvalue weighted by Crippen LogP contribution is -2.51. The SMILES string of the molecule is CCc1ccc(CN2CCC(N(C)C)CC2C(=O)O)o1. The van der Waals surface area contributed by atoms with Crippen molar-refractivity contribution in [3.05, 3.63) is 23.7 Å². The van der Waals surface area contributed by atoms with Crippen LogP contribution in [0.25, 0.3) is 0 Å². The molecule has 1 N–H and O–H groups in total. The number of carboxylic acids is 1. The van der Waals surface area contributed by atoms with Crippen LogP contribution >= 0.6 is 0 Å². The number of rotatable bonds is 5. The minimum atomic E-state index is -0.737. The zero-order chi connectivity index (χ0) is 14.7. The normalized spacial score (nSPS) is 24.2. The third kappa shape index (κ3) is 3.41. The van der Waals surface area contributed by atoms with E-state index in [-0.39, 0.29) is 0 Å². The molecule has 5 heteroatoms. The predicted octanol–water partition coefficient (Wildman–Crippen LogP) is 1.82. The molecule has 2 atom stereocenters. The smallest absolute Gasteiger partial charge is 0.320 e. The first-order valence-corrected chi connectivity index (χ1v) is 7.22. The molecule has 5 nitrogen and oxygen atoms in total. The van der Waals surface area contributed by atoms with E-state index in [2.05, 4.69) is 4.90 Å². The van der Waals surface area contributed by atoms with Gasteiger partial charge in [0.1, 0.15) is 17.6 Å². The maximum Gasteiger partial charge on any atom is 0.320 e. The second-order valence-electron chi connectivity index (χ2n) is 5.69. The first-order valence-electron chi connectivity index (χ1n) is 7.22. The van der Waals surface area contributed by atoms with Crippen LogP contribution in [-0.4, -0.2) is 53.6 Å². The number of hydrogen-bond acceptors (Lipinski definition) is 4. The van der Waals surface area contributed by atoms with Gasteiger partial charge in [-0.25, -0.2) is 0 Å². The molecule has 0 bridgehead atoms. The third-order valence-corrected chi connectivity index (χ3v) is 4.13. The van der Waals surface area contributed by atoms with Crippen molar-refractivity contribution in [2.75, 3.05) is 20.6 Å². The van der Waals surface area contributed by atoms with Crippen molar-refractivity contribution >= 4 is 5.97 Å². The van der Waals surface area contributed by atoms with Crippen LogP contribution in [0.15, 0.2) is 16.5 Å². The number of nitrogens with zero attached hydrogens (tertiary/aromatic N) is 2. The lowest BCUT2D eigenvalue weighted by molar-refractivity contribution is -0.146. The van der Waals surface area contributed by atoms with Crippen LogP contribution in [0.1, 0.15) is 31.3 Å². The van der Waals surface area contributed by atoms with Crippen molar-refractivity contribution in [1.29, 1.82) is 0 Å². The number of carboxylic acid groups (broad SMARTS) is 1. The van der Waals surface area contributed by atoms with Crippen LogP contribution in [-0.2, 0) is 17.8 Å². The Kier molecular flexibility index (Phi) is 4.83. The lowest BCUT2D eigenvalue weighted by Gasteiger charge is -2.39. The molecular formula is C15H24N2O3. The topological polar surface area (TPSA) is 56.9 Å². The highest BCUT2D eigenvalue weighted by Crippen LogP contribution is 2.23. The van der Waals surface area contributed by atoms with E-state index in [1.54, 1.807) is 0 Å². The van der Waals surface area contributed by atoms with Gasteiger partial charge in [-0.3, -0.25) is 9.69 Å². The fraction of sp³-hybridized carbons (Fsp3) is 0.667. The summed E-state index contributed by atoms with van der Waals surface area (Å²) in [6.45, 7) is 3.42. The molecular weight excluding hydrogens is 256 g/mol. The number of hydrogen-bond donors (Lipinski definition) is 1. The van der Waals surface area contributed by atoms with E-state index in [1.807, 2.05) is 38.1 Å². The van der Waals surface area contributed by atoms with E-state index < -0.39 is 12.0 Å². The molecule has 112 valence electrons. The fourth-order valence-electron chi connectivity index (χ4n) is 2.81. The highest BCUT2D eigenvalue weighted by Gasteiger charge is 2.34. The molecule has 1 fully saturated rings. The lowest BCUT2D eigenvalue weighted by atomic mass is 9.96.